The molecule has 2 unspecified atom stereocenters. The van der Waals surface area contributed by atoms with E-state index < -0.39 is 0 Å². The average molecular weight is 215 g/mol. The number of nitrogens with one attached hydrogen (secondary N) is 1. The smallest absolute Gasteiger partial charge is 0.137 e. The number of fused-ring (bicyclic) bond motifs is 3. The van der Waals surface area contributed by atoms with Crippen LogP contribution in [0.4, 0.5) is 5.69 Å². The maximum Gasteiger partial charge on any atom is 0.137 e. The Morgan fingerprint density at radius 1 is 1.50 bits per heavy atom. The third-order valence-electron chi connectivity index (χ3n) is 3.62. The molecule has 2 aliphatic rings. The van der Waals surface area contributed by atoms with Gasteiger partial charge in [-0.2, -0.15) is 0 Å². The summed E-state index contributed by atoms with van der Waals surface area (Å²) in [7, 11) is 0. The van der Waals surface area contributed by atoms with Gasteiger partial charge in [0, 0.05) is 18.1 Å². The molecular weight excluding hydrogens is 202 g/mol. The summed E-state index contributed by atoms with van der Waals surface area (Å²) in [5, 5.41) is 1.18. The molecule has 2 aromatic rings. The molecule has 0 amide bonds. The molecule has 82 valence electrons. The summed E-state index contributed by atoms with van der Waals surface area (Å²) in [6.45, 7) is 1.89. The highest BCUT2D eigenvalue weighted by Crippen LogP contribution is 2.32. The van der Waals surface area contributed by atoms with E-state index in [1.54, 1.807) is 0 Å². The van der Waals surface area contributed by atoms with Gasteiger partial charge in [-0.15, -0.1) is 0 Å². The van der Waals surface area contributed by atoms with Crippen LogP contribution in [-0.2, 0) is 4.74 Å². The van der Waals surface area contributed by atoms with Crippen molar-refractivity contribution in [3.05, 3.63) is 24.5 Å². The Morgan fingerprint density at radius 2 is 2.50 bits per heavy atom. The minimum Gasteiger partial charge on any atom is -0.374 e. The minimum absolute atomic E-state index is 0.437. The van der Waals surface area contributed by atoms with Gasteiger partial charge < -0.3 is 14.6 Å². The van der Waals surface area contributed by atoms with Gasteiger partial charge in [-0.3, -0.25) is 0 Å². The molecule has 2 saturated heterocycles. The Kier molecular flexibility index (Phi) is 1.60. The van der Waals surface area contributed by atoms with E-state index in [0.29, 0.717) is 12.1 Å². The van der Waals surface area contributed by atoms with E-state index >= 15 is 0 Å². The second kappa shape index (κ2) is 2.98. The standard InChI is InChI=1S/C12H13N3O/c1-2-13-12-8(1)3-9(5-14-12)15-6-11-4-10(15)7-16-11/h1-3,5,10-11H,4,6-7H2,(H,13,14). The second-order valence-electron chi connectivity index (χ2n) is 4.61. The quantitative estimate of drug-likeness (QED) is 0.784. The van der Waals surface area contributed by atoms with Crippen LogP contribution in [0.2, 0.25) is 0 Å². The highest BCUT2D eigenvalue weighted by atomic mass is 16.5. The Morgan fingerprint density at radius 3 is 3.31 bits per heavy atom. The van der Waals surface area contributed by atoms with E-state index in [2.05, 4.69) is 27.0 Å². The van der Waals surface area contributed by atoms with Crippen molar-refractivity contribution < 1.29 is 4.74 Å². The van der Waals surface area contributed by atoms with Gasteiger partial charge in [-0.25, -0.2) is 4.98 Å². The molecule has 4 heterocycles. The van der Waals surface area contributed by atoms with Crippen LogP contribution in [0.5, 0.6) is 0 Å². The zero-order valence-corrected chi connectivity index (χ0v) is 8.89. The van der Waals surface area contributed by atoms with Crippen LogP contribution in [0.15, 0.2) is 24.5 Å². The number of anilines is 1. The van der Waals surface area contributed by atoms with Gasteiger partial charge in [0.25, 0.3) is 0 Å². The summed E-state index contributed by atoms with van der Waals surface area (Å²) in [5.74, 6) is 0. The summed E-state index contributed by atoms with van der Waals surface area (Å²) in [6, 6.07) is 4.83. The molecule has 4 nitrogen and oxygen atoms in total. The highest BCUT2D eigenvalue weighted by Gasteiger charge is 2.39. The van der Waals surface area contributed by atoms with Gasteiger partial charge in [0.15, 0.2) is 0 Å². The lowest BCUT2D eigenvalue weighted by Crippen LogP contribution is -2.36. The lowest BCUT2D eigenvalue weighted by molar-refractivity contribution is 0.0991. The minimum atomic E-state index is 0.437. The van der Waals surface area contributed by atoms with Crippen LogP contribution >= 0.6 is 0 Å². The van der Waals surface area contributed by atoms with E-state index in [9.17, 15) is 0 Å². The molecule has 16 heavy (non-hydrogen) atoms. The SMILES string of the molecule is c1cc2cc(N3CC4CC3CO4)cnc2[nH]1. The molecule has 1 N–H and O–H groups in total. The van der Waals surface area contributed by atoms with Crippen LogP contribution < -0.4 is 4.90 Å². The molecule has 2 aromatic heterocycles. The van der Waals surface area contributed by atoms with Crippen LogP contribution in [0.1, 0.15) is 6.42 Å². The summed E-state index contributed by atoms with van der Waals surface area (Å²) in [4.78, 5) is 9.97. The Labute approximate surface area is 93.2 Å². The van der Waals surface area contributed by atoms with Crippen molar-refractivity contribution in [3.8, 4) is 0 Å². The molecule has 0 spiro atoms. The van der Waals surface area contributed by atoms with Gasteiger partial charge in [0.2, 0.25) is 0 Å². The first-order valence-corrected chi connectivity index (χ1v) is 5.71. The van der Waals surface area contributed by atoms with Crippen LogP contribution in [-0.4, -0.2) is 35.3 Å². The largest absolute Gasteiger partial charge is 0.374 e. The molecule has 4 heteroatoms. The molecule has 2 fully saturated rings. The van der Waals surface area contributed by atoms with Crippen molar-refractivity contribution in [3.63, 3.8) is 0 Å². The summed E-state index contributed by atoms with van der Waals surface area (Å²) >= 11 is 0. The maximum atomic E-state index is 5.61. The lowest BCUT2D eigenvalue weighted by Gasteiger charge is -2.28. The van der Waals surface area contributed by atoms with E-state index in [0.717, 1.165) is 18.8 Å². The molecule has 4 rings (SSSR count). The van der Waals surface area contributed by atoms with Crippen molar-refractivity contribution in [1.29, 1.82) is 0 Å². The van der Waals surface area contributed by atoms with Crippen LogP contribution in [0.25, 0.3) is 11.0 Å². The van der Waals surface area contributed by atoms with Crippen molar-refractivity contribution in [2.24, 2.45) is 0 Å². The topological polar surface area (TPSA) is 41.1 Å². The zero-order valence-electron chi connectivity index (χ0n) is 8.89. The van der Waals surface area contributed by atoms with Gasteiger partial charge in [0.05, 0.1) is 30.6 Å². The number of rotatable bonds is 1. The Bertz CT molecular complexity index is 536. The maximum absolute atomic E-state index is 5.61. The molecule has 0 aliphatic carbocycles. The predicted octanol–water partition coefficient (Wildman–Crippen LogP) is 1.54. The fourth-order valence-electron chi connectivity index (χ4n) is 2.80. The van der Waals surface area contributed by atoms with Gasteiger partial charge in [-0.1, -0.05) is 0 Å². The lowest BCUT2D eigenvalue weighted by atomic mass is 10.2. The second-order valence-corrected chi connectivity index (χ2v) is 4.61. The van der Waals surface area contributed by atoms with Crippen molar-refractivity contribution in [2.75, 3.05) is 18.1 Å². The third kappa shape index (κ3) is 1.10. The summed E-state index contributed by atoms with van der Waals surface area (Å²) < 4.78 is 5.61. The van der Waals surface area contributed by atoms with E-state index in [4.69, 9.17) is 4.74 Å². The molecular formula is C12H13N3O. The number of morpholine rings is 1. The fourth-order valence-corrected chi connectivity index (χ4v) is 2.80. The van der Waals surface area contributed by atoms with Crippen molar-refractivity contribution in [1.82, 2.24) is 9.97 Å². The number of aromatic nitrogens is 2. The van der Waals surface area contributed by atoms with Crippen molar-refractivity contribution in [2.45, 2.75) is 18.6 Å². The normalized spacial score (nSPS) is 28.1. The van der Waals surface area contributed by atoms with Crippen molar-refractivity contribution >= 4 is 16.7 Å². The first-order chi connectivity index (χ1) is 7.90. The number of hydrogen-bond donors (Lipinski definition) is 1. The molecule has 2 aliphatic heterocycles. The third-order valence-corrected chi connectivity index (χ3v) is 3.62. The van der Waals surface area contributed by atoms with E-state index in [1.165, 1.54) is 17.5 Å². The summed E-state index contributed by atoms with van der Waals surface area (Å²) in [6.07, 6.45) is 5.50. The number of hydrogen-bond acceptors (Lipinski definition) is 3. The Balaban J connectivity index is 1.76. The van der Waals surface area contributed by atoms with E-state index in [-0.39, 0.29) is 0 Å². The predicted molar refractivity (Wildman–Crippen MR) is 61.6 cm³/mol. The molecule has 0 radical (unpaired) electrons. The number of ether oxygens (including phenoxy) is 1. The molecule has 0 saturated carbocycles. The first-order valence-electron chi connectivity index (χ1n) is 5.71. The number of pyridine rings is 1. The summed E-state index contributed by atoms with van der Waals surface area (Å²) in [5.41, 5.74) is 2.19. The highest BCUT2D eigenvalue weighted by molar-refractivity contribution is 5.79. The molecule has 2 atom stereocenters. The monoisotopic (exact) mass is 215 g/mol. The van der Waals surface area contributed by atoms with Gasteiger partial charge in [0.1, 0.15) is 5.65 Å². The molecule has 0 aromatic carbocycles. The van der Waals surface area contributed by atoms with Crippen LogP contribution in [0, 0.1) is 0 Å². The fraction of sp³-hybridized carbons (Fsp3) is 0.417. The Hall–Kier alpha value is -1.55. The van der Waals surface area contributed by atoms with E-state index in [1.807, 2.05) is 12.4 Å². The average Bonchev–Trinajstić information content (AvgIpc) is 3.03. The van der Waals surface area contributed by atoms with Crippen LogP contribution in [0.3, 0.4) is 0 Å². The number of aromatic amines is 1. The van der Waals surface area contributed by atoms with Gasteiger partial charge >= 0.3 is 0 Å². The number of H-pyrrole nitrogens is 1. The zero-order chi connectivity index (χ0) is 10.5. The number of nitrogens with zero attached hydrogens (tertiary/aromatic N) is 2. The van der Waals surface area contributed by atoms with Gasteiger partial charge in [-0.05, 0) is 18.6 Å². The molecule has 2 bridgehead atoms. The first kappa shape index (κ1) is 8.58.